The van der Waals surface area contributed by atoms with Crippen LogP contribution in [0.25, 0.3) is 0 Å². The number of carbonyl (C=O) groups is 2. The molecule has 0 aromatic heterocycles. The van der Waals surface area contributed by atoms with Gasteiger partial charge in [-0.25, -0.2) is 0 Å². The third-order valence-electron chi connectivity index (χ3n) is 3.40. The molecule has 114 valence electrons. The predicted molar refractivity (Wildman–Crippen MR) is 82.4 cm³/mol. The third-order valence-corrected chi connectivity index (χ3v) is 3.73. The van der Waals surface area contributed by atoms with Crippen LogP contribution in [0.1, 0.15) is 0 Å². The number of rotatable bonds is 4. The number of amides is 2. The van der Waals surface area contributed by atoms with E-state index in [4.69, 9.17) is 11.6 Å². The van der Waals surface area contributed by atoms with Crippen LogP contribution in [-0.2, 0) is 9.59 Å². The molecular weight excluding hydrogens is 292 g/mol. The molecule has 1 unspecified atom stereocenters. The molecule has 0 bridgehead atoms. The van der Waals surface area contributed by atoms with Gasteiger partial charge in [0, 0.05) is 26.7 Å². The van der Waals surface area contributed by atoms with Gasteiger partial charge < -0.3 is 16.0 Å². The van der Waals surface area contributed by atoms with Crippen LogP contribution in [0.2, 0.25) is 5.02 Å². The molecule has 0 radical (unpaired) electrons. The zero-order valence-corrected chi connectivity index (χ0v) is 12.6. The zero-order valence-electron chi connectivity index (χ0n) is 11.9. The topological polar surface area (TPSA) is 73.5 Å². The third kappa shape index (κ3) is 4.17. The Morgan fingerprint density at radius 3 is 2.90 bits per heavy atom. The van der Waals surface area contributed by atoms with E-state index in [1.54, 1.807) is 31.3 Å². The van der Waals surface area contributed by atoms with E-state index in [1.165, 1.54) is 0 Å². The minimum absolute atomic E-state index is 0.0901. The maximum Gasteiger partial charge on any atom is 0.238 e. The lowest BCUT2D eigenvalue weighted by molar-refractivity contribution is -0.128. The molecule has 1 fully saturated rings. The fraction of sp³-hybridized carbons (Fsp3) is 0.429. The highest BCUT2D eigenvalue weighted by Gasteiger charge is 2.29. The maximum atomic E-state index is 12.1. The second-order valence-corrected chi connectivity index (χ2v) is 5.24. The molecule has 2 rings (SSSR count). The van der Waals surface area contributed by atoms with Crippen molar-refractivity contribution in [2.75, 3.05) is 38.5 Å². The second kappa shape index (κ2) is 7.40. The van der Waals surface area contributed by atoms with Crippen LogP contribution in [0.15, 0.2) is 24.3 Å². The summed E-state index contributed by atoms with van der Waals surface area (Å²) in [5.74, 6) is -0.272. The molecule has 3 N–H and O–H groups in total. The van der Waals surface area contributed by atoms with E-state index >= 15 is 0 Å². The van der Waals surface area contributed by atoms with Gasteiger partial charge in [-0.2, -0.15) is 0 Å². The summed E-state index contributed by atoms with van der Waals surface area (Å²) < 4.78 is 0. The molecule has 0 saturated carbocycles. The lowest BCUT2D eigenvalue weighted by Crippen LogP contribution is -2.58. The molecule has 1 aliphatic heterocycles. The number of likely N-dealkylation sites (N-methyl/N-ethyl adjacent to an activating group) is 1. The van der Waals surface area contributed by atoms with Gasteiger partial charge in [0.1, 0.15) is 6.04 Å². The van der Waals surface area contributed by atoms with E-state index in [1.807, 2.05) is 4.90 Å². The molecule has 1 aliphatic rings. The lowest BCUT2D eigenvalue weighted by atomic mass is 10.1. The number of anilines is 1. The van der Waals surface area contributed by atoms with Crippen LogP contribution in [-0.4, -0.2) is 56.0 Å². The summed E-state index contributed by atoms with van der Waals surface area (Å²) in [6.45, 7) is 2.10. The highest BCUT2D eigenvalue weighted by Crippen LogP contribution is 2.20. The summed E-state index contributed by atoms with van der Waals surface area (Å²) >= 11 is 6.01. The number of hydrogen-bond acceptors (Lipinski definition) is 4. The number of benzene rings is 1. The molecule has 6 nitrogen and oxygen atoms in total. The largest absolute Gasteiger partial charge is 0.358 e. The van der Waals surface area contributed by atoms with E-state index < -0.39 is 0 Å². The van der Waals surface area contributed by atoms with Gasteiger partial charge in [0.2, 0.25) is 11.8 Å². The monoisotopic (exact) mass is 310 g/mol. The highest BCUT2D eigenvalue weighted by atomic mass is 35.5. The zero-order chi connectivity index (χ0) is 15.2. The average molecular weight is 311 g/mol. The summed E-state index contributed by atoms with van der Waals surface area (Å²) in [5.41, 5.74) is 0.579. The van der Waals surface area contributed by atoms with Crippen molar-refractivity contribution in [3.8, 4) is 0 Å². The van der Waals surface area contributed by atoms with Gasteiger partial charge in [-0.3, -0.25) is 14.5 Å². The van der Waals surface area contributed by atoms with Gasteiger partial charge in [0.05, 0.1) is 17.3 Å². The molecule has 1 aromatic rings. The first-order chi connectivity index (χ1) is 10.1. The van der Waals surface area contributed by atoms with Crippen molar-refractivity contribution in [1.82, 2.24) is 15.5 Å². The Morgan fingerprint density at radius 1 is 1.43 bits per heavy atom. The molecule has 1 aromatic carbocycles. The normalized spacial score (nSPS) is 19.0. The van der Waals surface area contributed by atoms with Crippen molar-refractivity contribution in [3.05, 3.63) is 29.3 Å². The van der Waals surface area contributed by atoms with Gasteiger partial charge in [-0.15, -0.1) is 0 Å². The van der Waals surface area contributed by atoms with Crippen LogP contribution in [0.5, 0.6) is 0 Å². The number of carbonyl (C=O) groups excluding carboxylic acids is 2. The van der Waals surface area contributed by atoms with Crippen LogP contribution >= 0.6 is 11.6 Å². The van der Waals surface area contributed by atoms with Crippen molar-refractivity contribution in [2.24, 2.45) is 0 Å². The van der Waals surface area contributed by atoms with Crippen molar-refractivity contribution in [1.29, 1.82) is 0 Å². The van der Waals surface area contributed by atoms with Crippen LogP contribution < -0.4 is 16.0 Å². The summed E-state index contributed by atoms with van der Waals surface area (Å²) in [4.78, 5) is 25.8. The SMILES string of the molecule is CNC(=O)C1CNCCN1CC(=O)Nc1ccccc1Cl. The van der Waals surface area contributed by atoms with Gasteiger partial charge in [-0.05, 0) is 12.1 Å². The van der Waals surface area contributed by atoms with Gasteiger partial charge in [0.25, 0.3) is 0 Å². The van der Waals surface area contributed by atoms with Crippen molar-refractivity contribution in [2.45, 2.75) is 6.04 Å². The van der Waals surface area contributed by atoms with Crippen LogP contribution in [0.3, 0.4) is 0 Å². The fourth-order valence-corrected chi connectivity index (χ4v) is 2.48. The van der Waals surface area contributed by atoms with Crippen molar-refractivity contribution < 1.29 is 9.59 Å². The Morgan fingerprint density at radius 2 is 2.19 bits per heavy atom. The Hall–Kier alpha value is -1.63. The minimum atomic E-state index is -0.333. The predicted octanol–water partition coefficient (Wildman–Crippen LogP) is 0.298. The number of para-hydroxylation sites is 1. The van der Waals surface area contributed by atoms with Crippen LogP contribution in [0.4, 0.5) is 5.69 Å². The number of nitrogens with zero attached hydrogens (tertiary/aromatic N) is 1. The first-order valence-electron chi connectivity index (χ1n) is 6.82. The van der Waals surface area contributed by atoms with Crippen LogP contribution in [0, 0.1) is 0 Å². The Bertz CT molecular complexity index is 523. The first kappa shape index (κ1) is 15.8. The van der Waals surface area contributed by atoms with E-state index in [-0.39, 0.29) is 24.4 Å². The summed E-state index contributed by atoms with van der Waals surface area (Å²) in [7, 11) is 1.60. The van der Waals surface area contributed by atoms with Crippen molar-refractivity contribution >= 4 is 29.1 Å². The Labute approximate surface area is 128 Å². The minimum Gasteiger partial charge on any atom is -0.358 e. The molecule has 21 heavy (non-hydrogen) atoms. The molecular formula is C14H19ClN4O2. The number of hydrogen-bond donors (Lipinski definition) is 3. The van der Waals surface area contributed by atoms with E-state index in [0.29, 0.717) is 23.8 Å². The molecule has 0 spiro atoms. The van der Waals surface area contributed by atoms with E-state index in [9.17, 15) is 9.59 Å². The quantitative estimate of drug-likeness (QED) is 0.748. The molecule has 1 atom stereocenters. The van der Waals surface area contributed by atoms with Crippen molar-refractivity contribution in [3.63, 3.8) is 0 Å². The van der Waals surface area contributed by atoms with E-state index in [0.717, 1.165) is 6.54 Å². The highest BCUT2D eigenvalue weighted by molar-refractivity contribution is 6.33. The van der Waals surface area contributed by atoms with E-state index in [2.05, 4.69) is 16.0 Å². The molecule has 1 saturated heterocycles. The number of nitrogens with one attached hydrogen (secondary N) is 3. The van der Waals surface area contributed by atoms with Gasteiger partial charge in [-0.1, -0.05) is 23.7 Å². The molecule has 1 heterocycles. The smallest absolute Gasteiger partial charge is 0.238 e. The summed E-state index contributed by atoms with van der Waals surface area (Å²) in [6, 6.07) is 6.74. The molecule has 7 heteroatoms. The molecule has 2 amide bonds. The lowest BCUT2D eigenvalue weighted by Gasteiger charge is -2.34. The second-order valence-electron chi connectivity index (χ2n) is 4.83. The Kier molecular flexibility index (Phi) is 5.55. The molecule has 0 aliphatic carbocycles. The fourth-order valence-electron chi connectivity index (χ4n) is 2.30. The summed E-state index contributed by atoms with van der Waals surface area (Å²) in [5, 5.41) is 9.04. The maximum absolute atomic E-state index is 12.1. The van der Waals surface area contributed by atoms with Gasteiger partial charge >= 0.3 is 0 Å². The number of halogens is 1. The standard InChI is InChI=1S/C14H19ClN4O2/c1-16-14(21)12-8-17-6-7-19(12)9-13(20)18-11-5-3-2-4-10(11)15/h2-5,12,17H,6-9H2,1H3,(H,16,21)(H,18,20). The first-order valence-corrected chi connectivity index (χ1v) is 7.20. The average Bonchev–Trinajstić information content (AvgIpc) is 2.49. The Balaban J connectivity index is 1.97. The van der Waals surface area contributed by atoms with Gasteiger partial charge in [0.15, 0.2) is 0 Å². The summed E-state index contributed by atoms with van der Waals surface area (Å²) in [6.07, 6.45) is 0. The number of piperazine rings is 1.